The third-order valence-corrected chi connectivity index (χ3v) is 1.84. The number of hydrogen-bond acceptors (Lipinski definition) is 4. The van der Waals surface area contributed by atoms with Gasteiger partial charge in [-0.05, 0) is 13.3 Å². The van der Waals surface area contributed by atoms with Crippen LogP contribution in [0.1, 0.15) is 33.6 Å². The molecule has 0 fully saturated rings. The maximum Gasteiger partial charge on any atom is 0.302 e. The molecule has 0 heterocycles. The molecule has 3 nitrogen and oxygen atoms in total. The smallest absolute Gasteiger partial charge is 0.302 e. The average Bonchev–Trinajstić information content (AvgIpc) is 2.00. The second-order valence-corrected chi connectivity index (χ2v) is 4.06. The van der Waals surface area contributed by atoms with Crippen LogP contribution in [-0.2, 0) is 14.3 Å². The van der Waals surface area contributed by atoms with Crippen LogP contribution in [0.2, 0.25) is 0 Å². The van der Waals surface area contributed by atoms with Gasteiger partial charge in [-0.25, -0.2) is 0 Å². The Morgan fingerprint density at radius 2 is 2.08 bits per heavy atom. The van der Waals surface area contributed by atoms with Crippen molar-refractivity contribution in [3.05, 3.63) is 0 Å². The largest absolute Gasteiger partial charge is 0.466 e. The molecule has 1 unspecified atom stereocenters. The zero-order chi connectivity index (χ0) is 10.3. The van der Waals surface area contributed by atoms with Gasteiger partial charge in [-0.2, -0.15) is 0 Å². The summed E-state index contributed by atoms with van der Waals surface area (Å²) in [6.07, 6.45) is 1.57. The van der Waals surface area contributed by atoms with Gasteiger partial charge >= 0.3 is 5.97 Å². The monoisotopic (exact) mass is 206 g/mol. The Balaban J connectivity index is 3.56. The topological polar surface area (TPSA) is 35.5 Å². The van der Waals surface area contributed by atoms with E-state index in [1.165, 1.54) is 6.92 Å². The zero-order valence-electron chi connectivity index (χ0n) is 8.50. The van der Waals surface area contributed by atoms with Crippen LogP contribution in [0, 0.1) is 0 Å². The van der Waals surface area contributed by atoms with E-state index in [1.54, 1.807) is 0 Å². The third-order valence-electron chi connectivity index (χ3n) is 1.49. The molecule has 0 aliphatic rings. The van der Waals surface area contributed by atoms with Crippen LogP contribution in [0.4, 0.5) is 0 Å². The Morgan fingerprint density at radius 3 is 2.54 bits per heavy atom. The van der Waals surface area contributed by atoms with Crippen LogP contribution in [0.5, 0.6) is 0 Å². The van der Waals surface area contributed by atoms with Crippen molar-refractivity contribution < 1.29 is 14.3 Å². The summed E-state index contributed by atoms with van der Waals surface area (Å²) in [4.78, 5) is 9.96. The van der Waals surface area contributed by atoms with Crippen LogP contribution in [0.3, 0.4) is 0 Å². The van der Waals surface area contributed by atoms with Crippen molar-refractivity contribution in [1.29, 1.82) is 0 Å². The highest BCUT2D eigenvalue weighted by Crippen LogP contribution is 2.20. The van der Waals surface area contributed by atoms with Crippen LogP contribution >= 0.6 is 12.6 Å². The molecule has 0 aliphatic heterocycles. The molecule has 0 aromatic heterocycles. The van der Waals surface area contributed by atoms with Crippen molar-refractivity contribution in [2.24, 2.45) is 0 Å². The molecule has 0 aliphatic carbocycles. The Morgan fingerprint density at radius 1 is 1.46 bits per heavy atom. The first kappa shape index (κ1) is 12.8. The van der Waals surface area contributed by atoms with E-state index in [2.05, 4.69) is 12.6 Å². The van der Waals surface area contributed by atoms with Crippen molar-refractivity contribution in [2.75, 3.05) is 13.2 Å². The SMILES string of the molecule is CCCOC(C)(S)CCOC(C)=O. The van der Waals surface area contributed by atoms with Crippen LogP contribution < -0.4 is 0 Å². The Bertz CT molecular complexity index is 157. The molecule has 0 N–H and O–H groups in total. The van der Waals surface area contributed by atoms with Crippen molar-refractivity contribution in [3.63, 3.8) is 0 Å². The number of thiol groups is 1. The fourth-order valence-corrected chi connectivity index (χ4v) is 0.961. The summed E-state index contributed by atoms with van der Waals surface area (Å²) in [6, 6.07) is 0. The molecule has 78 valence electrons. The number of carbonyl (C=O) groups is 1. The molecular formula is C9H18O3S. The average molecular weight is 206 g/mol. The van der Waals surface area contributed by atoms with Gasteiger partial charge in [0.25, 0.3) is 0 Å². The summed E-state index contributed by atoms with van der Waals surface area (Å²) in [6.45, 7) is 6.34. The van der Waals surface area contributed by atoms with Crippen molar-refractivity contribution >= 4 is 18.6 Å². The highest BCUT2D eigenvalue weighted by Gasteiger charge is 2.19. The Kier molecular flexibility index (Phi) is 6.16. The zero-order valence-corrected chi connectivity index (χ0v) is 9.39. The van der Waals surface area contributed by atoms with Gasteiger partial charge < -0.3 is 9.47 Å². The molecule has 0 radical (unpaired) electrons. The third kappa shape index (κ3) is 8.12. The number of esters is 1. The van der Waals surface area contributed by atoms with Crippen LogP contribution in [0.15, 0.2) is 0 Å². The maximum absolute atomic E-state index is 10.5. The molecule has 0 bridgehead atoms. The number of ether oxygens (including phenoxy) is 2. The van der Waals surface area contributed by atoms with Gasteiger partial charge in [-0.1, -0.05) is 6.92 Å². The van der Waals surface area contributed by atoms with E-state index in [9.17, 15) is 4.79 Å². The minimum atomic E-state index is -0.495. The molecule has 13 heavy (non-hydrogen) atoms. The highest BCUT2D eigenvalue weighted by molar-refractivity contribution is 7.81. The predicted octanol–water partition coefficient (Wildman–Crippen LogP) is 2.01. The molecule has 0 saturated carbocycles. The van der Waals surface area contributed by atoms with E-state index in [4.69, 9.17) is 9.47 Å². The van der Waals surface area contributed by atoms with Crippen molar-refractivity contribution in [3.8, 4) is 0 Å². The molecule has 0 saturated heterocycles. The van der Waals surface area contributed by atoms with Gasteiger partial charge in [0.15, 0.2) is 0 Å². The van der Waals surface area contributed by atoms with Gasteiger partial charge in [0.1, 0.15) is 4.93 Å². The lowest BCUT2D eigenvalue weighted by molar-refractivity contribution is -0.142. The second kappa shape index (κ2) is 6.27. The van der Waals surface area contributed by atoms with E-state index in [1.807, 2.05) is 13.8 Å². The number of carbonyl (C=O) groups excluding carboxylic acids is 1. The van der Waals surface area contributed by atoms with Crippen molar-refractivity contribution in [2.45, 2.75) is 38.5 Å². The molecule has 0 aromatic carbocycles. The van der Waals surface area contributed by atoms with Crippen molar-refractivity contribution in [1.82, 2.24) is 0 Å². The molecular weight excluding hydrogens is 188 g/mol. The molecule has 0 aromatic rings. The van der Waals surface area contributed by atoms with Gasteiger partial charge in [-0.3, -0.25) is 4.79 Å². The van der Waals surface area contributed by atoms with Gasteiger partial charge in [0.05, 0.1) is 6.61 Å². The van der Waals surface area contributed by atoms with Gasteiger partial charge in [-0.15, -0.1) is 12.6 Å². The van der Waals surface area contributed by atoms with E-state index < -0.39 is 4.93 Å². The second-order valence-electron chi connectivity index (χ2n) is 3.11. The molecule has 0 spiro atoms. The standard InChI is InChI=1S/C9H18O3S/c1-4-6-12-9(3,13)5-7-11-8(2)10/h13H,4-7H2,1-3H3. The number of rotatable bonds is 6. The Hall–Kier alpha value is -0.220. The summed E-state index contributed by atoms with van der Waals surface area (Å²) in [5, 5.41) is 0. The van der Waals surface area contributed by atoms with Gasteiger partial charge in [0.2, 0.25) is 0 Å². The summed E-state index contributed by atoms with van der Waals surface area (Å²) in [7, 11) is 0. The van der Waals surface area contributed by atoms with Gasteiger partial charge in [0, 0.05) is 20.0 Å². The Labute approximate surface area is 85.2 Å². The quantitative estimate of drug-likeness (QED) is 0.410. The summed E-state index contributed by atoms with van der Waals surface area (Å²) < 4.78 is 10.2. The fraction of sp³-hybridized carbons (Fsp3) is 0.889. The van der Waals surface area contributed by atoms with Crippen LogP contribution in [-0.4, -0.2) is 24.1 Å². The molecule has 1 atom stereocenters. The maximum atomic E-state index is 10.5. The van der Waals surface area contributed by atoms with E-state index in [0.717, 1.165) is 6.42 Å². The minimum Gasteiger partial charge on any atom is -0.466 e. The first-order valence-electron chi connectivity index (χ1n) is 4.47. The van der Waals surface area contributed by atoms with Crippen LogP contribution in [0.25, 0.3) is 0 Å². The lowest BCUT2D eigenvalue weighted by Gasteiger charge is -2.23. The first-order chi connectivity index (χ1) is 5.98. The normalized spacial score (nSPS) is 15.1. The molecule has 4 heteroatoms. The van der Waals surface area contributed by atoms with E-state index >= 15 is 0 Å². The van der Waals surface area contributed by atoms with E-state index in [-0.39, 0.29) is 5.97 Å². The lowest BCUT2D eigenvalue weighted by Crippen LogP contribution is -2.24. The highest BCUT2D eigenvalue weighted by atomic mass is 32.1. The number of hydrogen-bond donors (Lipinski definition) is 1. The minimum absolute atomic E-state index is 0.264. The first-order valence-corrected chi connectivity index (χ1v) is 4.92. The summed E-state index contributed by atoms with van der Waals surface area (Å²) in [5.41, 5.74) is 0. The fourth-order valence-electron chi connectivity index (χ4n) is 0.778. The molecule has 0 amide bonds. The predicted molar refractivity (Wildman–Crippen MR) is 54.9 cm³/mol. The summed E-state index contributed by atoms with van der Waals surface area (Å²) in [5.74, 6) is -0.264. The summed E-state index contributed by atoms with van der Waals surface area (Å²) >= 11 is 4.31. The lowest BCUT2D eigenvalue weighted by atomic mass is 10.3. The molecule has 0 rings (SSSR count). The van der Waals surface area contributed by atoms with E-state index in [0.29, 0.717) is 19.6 Å².